The van der Waals surface area contributed by atoms with Crippen LogP contribution in [-0.4, -0.2) is 49.1 Å². The van der Waals surface area contributed by atoms with Gasteiger partial charge >= 0.3 is 5.97 Å². The Morgan fingerprint density at radius 1 is 1.33 bits per heavy atom. The zero-order chi connectivity index (χ0) is 19.1. The fourth-order valence-corrected chi connectivity index (χ4v) is 3.23. The lowest BCUT2D eigenvalue weighted by atomic mass is 10.1. The number of methoxy groups -OCH3 is 1. The average Bonchev–Trinajstić information content (AvgIpc) is 3.20. The SMILES string of the molecule is COC(=O)c1cn(-c2ccc3c(c2)nc(C)n3CCO)cc2c(=O)[nH]nc1-2. The first-order valence-corrected chi connectivity index (χ1v) is 8.30. The van der Waals surface area contributed by atoms with Crippen LogP contribution < -0.4 is 5.56 Å². The lowest BCUT2D eigenvalue weighted by Crippen LogP contribution is -2.11. The number of fused-ring (bicyclic) bond motifs is 2. The number of nitrogens with one attached hydrogen (secondary N) is 1. The van der Waals surface area contributed by atoms with Crippen LogP contribution >= 0.6 is 0 Å². The molecule has 1 aromatic heterocycles. The lowest BCUT2D eigenvalue weighted by molar-refractivity contribution is 0.0600. The summed E-state index contributed by atoms with van der Waals surface area (Å²) in [7, 11) is 1.28. The van der Waals surface area contributed by atoms with Crippen LogP contribution in [-0.2, 0) is 11.3 Å². The Labute approximate surface area is 153 Å². The maximum Gasteiger partial charge on any atom is 0.341 e. The number of aromatic nitrogens is 5. The molecule has 0 spiro atoms. The van der Waals surface area contributed by atoms with E-state index in [2.05, 4.69) is 15.2 Å². The van der Waals surface area contributed by atoms with E-state index in [1.807, 2.05) is 29.7 Å². The summed E-state index contributed by atoms with van der Waals surface area (Å²) in [6, 6.07) is 5.60. The summed E-state index contributed by atoms with van der Waals surface area (Å²) < 4.78 is 8.41. The number of nitrogens with zero attached hydrogens (tertiary/aromatic N) is 4. The highest BCUT2D eigenvalue weighted by atomic mass is 16.5. The molecule has 0 bridgehead atoms. The van der Waals surface area contributed by atoms with Crippen LogP contribution in [0.4, 0.5) is 0 Å². The molecule has 138 valence electrons. The van der Waals surface area contributed by atoms with E-state index >= 15 is 0 Å². The van der Waals surface area contributed by atoms with Crippen molar-refractivity contribution in [1.29, 1.82) is 0 Å². The number of aryl methyl sites for hydroxylation is 1. The minimum atomic E-state index is -0.579. The number of hydrogen-bond acceptors (Lipinski definition) is 6. The van der Waals surface area contributed by atoms with Crippen molar-refractivity contribution in [2.24, 2.45) is 0 Å². The van der Waals surface area contributed by atoms with E-state index in [0.717, 1.165) is 22.5 Å². The van der Waals surface area contributed by atoms with Gasteiger partial charge in [0.05, 0.1) is 30.3 Å². The molecule has 2 aliphatic rings. The molecule has 2 aromatic rings. The molecule has 0 aliphatic carbocycles. The van der Waals surface area contributed by atoms with Crippen molar-refractivity contribution in [1.82, 2.24) is 24.3 Å². The maximum absolute atomic E-state index is 12.1. The number of carbonyl (C=O) groups is 1. The third-order valence-electron chi connectivity index (χ3n) is 4.51. The number of benzene rings is 1. The Balaban J connectivity index is 1.91. The topological polar surface area (TPSA) is 115 Å². The third-order valence-corrected chi connectivity index (χ3v) is 4.51. The zero-order valence-corrected chi connectivity index (χ0v) is 14.8. The second-order valence-electron chi connectivity index (χ2n) is 6.09. The number of hydrogen-bond donors (Lipinski definition) is 2. The minimum absolute atomic E-state index is 0.0225. The van der Waals surface area contributed by atoms with E-state index in [-0.39, 0.29) is 23.4 Å². The van der Waals surface area contributed by atoms with E-state index in [9.17, 15) is 14.7 Å². The Hall–Kier alpha value is -3.46. The van der Waals surface area contributed by atoms with Gasteiger partial charge in [0.25, 0.3) is 5.56 Å². The highest BCUT2D eigenvalue weighted by molar-refractivity contribution is 5.96. The average molecular weight is 367 g/mol. The van der Waals surface area contributed by atoms with Gasteiger partial charge in [0, 0.05) is 24.6 Å². The number of ether oxygens (including phenoxy) is 1. The molecule has 2 N–H and O–H groups in total. The summed E-state index contributed by atoms with van der Waals surface area (Å²) in [5.74, 6) is 0.216. The van der Waals surface area contributed by atoms with Crippen LogP contribution in [0.1, 0.15) is 16.2 Å². The first kappa shape index (κ1) is 17.0. The Bertz CT molecular complexity index is 1190. The quantitative estimate of drug-likeness (QED) is 0.522. The molecule has 0 saturated heterocycles. The van der Waals surface area contributed by atoms with Crippen molar-refractivity contribution in [2.45, 2.75) is 13.5 Å². The largest absolute Gasteiger partial charge is 0.465 e. The normalized spacial score (nSPS) is 11.4. The predicted molar refractivity (Wildman–Crippen MR) is 97.3 cm³/mol. The molecule has 0 amide bonds. The molecule has 1 aromatic carbocycles. The molecule has 3 heterocycles. The molecular formula is C18H17N5O4. The van der Waals surface area contributed by atoms with Gasteiger partial charge in [-0.3, -0.25) is 4.79 Å². The lowest BCUT2D eigenvalue weighted by Gasteiger charge is -2.12. The van der Waals surface area contributed by atoms with Crippen LogP contribution in [0.3, 0.4) is 0 Å². The molecule has 27 heavy (non-hydrogen) atoms. The van der Waals surface area contributed by atoms with Crippen molar-refractivity contribution in [3.63, 3.8) is 0 Å². The van der Waals surface area contributed by atoms with Crippen molar-refractivity contribution >= 4 is 17.0 Å². The van der Waals surface area contributed by atoms with Crippen LogP contribution in [0.15, 0.2) is 35.4 Å². The minimum Gasteiger partial charge on any atom is -0.465 e. The summed E-state index contributed by atoms with van der Waals surface area (Å²) >= 11 is 0. The fourth-order valence-electron chi connectivity index (χ4n) is 3.23. The van der Waals surface area contributed by atoms with E-state index < -0.39 is 5.97 Å². The fraction of sp³-hybridized carbons (Fsp3) is 0.222. The van der Waals surface area contributed by atoms with Gasteiger partial charge in [-0.05, 0) is 25.1 Å². The molecule has 0 fully saturated rings. The number of imidazole rings is 1. The molecule has 0 saturated carbocycles. The van der Waals surface area contributed by atoms with E-state index in [1.165, 1.54) is 7.11 Å². The Morgan fingerprint density at radius 3 is 2.89 bits per heavy atom. The van der Waals surface area contributed by atoms with Crippen LogP contribution in [0.25, 0.3) is 28.0 Å². The van der Waals surface area contributed by atoms with Gasteiger partial charge in [-0.1, -0.05) is 0 Å². The molecule has 0 unspecified atom stereocenters. The first-order chi connectivity index (χ1) is 13.0. The summed E-state index contributed by atoms with van der Waals surface area (Å²) in [6.45, 7) is 2.36. The maximum atomic E-state index is 12.1. The second kappa shape index (κ2) is 6.36. The van der Waals surface area contributed by atoms with Gasteiger partial charge in [0.1, 0.15) is 17.1 Å². The zero-order valence-electron chi connectivity index (χ0n) is 14.8. The van der Waals surface area contributed by atoms with Gasteiger partial charge in [-0.2, -0.15) is 5.10 Å². The number of esters is 1. The number of carbonyl (C=O) groups excluding carboxylic acids is 1. The number of H-pyrrole nitrogens is 1. The molecule has 9 heteroatoms. The number of aromatic amines is 1. The summed E-state index contributed by atoms with van der Waals surface area (Å²) in [5, 5.41) is 15.5. The predicted octanol–water partition coefficient (Wildman–Crippen LogP) is 1.10. The summed E-state index contributed by atoms with van der Waals surface area (Å²) in [6.07, 6.45) is 3.19. The molecule has 4 rings (SSSR count). The van der Waals surface area contributed by atoms with Crippen molar-refractivity contribution < 1.29 is 14.6 Å². The van der Waals surface area contributed by atoms with E-state index in [4.69, 9.17) is 4.74 Å². The van der Waals surface area contributed by atoms with Crippen molar-refractivity contribution in [3.05, 3.63) is 52.3 Å². The van der Waals surface area contributed by atoms with Gasteiger partial charge in [-0.15, -0.1) is 0 Å². The molecular weight excluding hydrogens is 350 g/mol. The standard InChI is InChI=1S/C18H17N5O4/c1-10-19-14-7-11(3-4-15(14)23(10)5-6-24)22-8-12-16(20-21-17(12)25)13(9-22)18(26)27-2/h3-4,7-9,24H,5-6H2,1-2H3,(H,21,25). The number of rotatable bonds is 4. The van der Waals surface area contributed by atoms with Gasteiger partial charge in [-0.25, -0.2) is 14.9 Å². The highest BCUT2D eigenvalue weighted by Gasteiger charge is 2.22. The van der Waals surface area contributed by atoms with Crippen LogP contribution in [0.2, 0.25) is 0 Å². The van der Waals surface area contributed by atoms with E-state index in [0.29, 0.717) is 12.1 Å². The molecule has 0 atom stereocenters. The third kappa shape index (κ3) is 2.68. The number of aliphatic hydroxyl groups excluding tert-OH is 1. The molecule has 2 aliphatic heterocycles. The Kier molecular flexibility index (Phi) is 4.00. The second-order valence-corrected chi connectivity index (χ2v) is 6.09. The van der Waals surface area contributed by atoms with Gasteiger partial charge in [0.15, 0.2) is 0 Å². The number of pyridine rings is 1. The monoisotopic (exact) mass is 367 g/mol. The van der Waals surface area contributed by atoms with E-state index in [1.54, 1.807) is 17.0 Å². The molecule has 9 nitrogen and oxygen atoms in total. The summed E-state index contributed by atoms with van der Waals surface area (Å²) in [4.78, 5) is 28.7. The molecule has 0 radical (unpaired) electrons. The van der Waals surface area contributed by atoms with Gasteiger partial charge < -0.3 is 19.0 Å². The smallest absolute Gasteiger partial charge is 0.341 e. The Morgan fingerprint density at radius 2 is 2.15 bits per heavy atom. The summed E-state index contributed by atoms with van der Waals surface area (Å²) in [5.41, 5.74) is 2.74. The van der Waals surface area contributed by atoms with Crippen LogP contribution in [0, 0.1) is 6.92 Å². The van der Waals surface area contributed by atoms with Crippen LogP contribution in [0.5, 0.6) is 0 Å². The first-order valence-electron chi connectivity index (χ1n) is 8.30. The number of aliphatic hydroxyl groups is 1. The van der Waals surface area contributed by atoms with Gasteiger partial charge in [0.2, 0.25) is 0 Å². The highest BCUT2D eigenvalue weighted by Crippen LogP contribution is 2.25. The van der Waals surface area contributed by atoms with Crippen molar-refractivity contribution in [3.8, 4) is 16.9 Å². The van der Waals surface area contributed by atoms with Crippen molar-refractivity contribution in [2.75, 3.05) is 13.7 Å².